The van der Waals surface area contributed by atoms with E-state index in [1.54, 1.807) is 7.11 Å². The average molecular weight is 388 g/mol. The standard InChI is InChI=1S/C21H29N3O2S/c1-14(2)12-22-21(27)24(17-6-4-5-7-17)13-16-10-15-11-18(26-3)8-9-19(15)23-20(16)25/h8-11,14,17H,4-7,12-13H2,1-3H3,(H,22,27)(H,23,25). The van der Waals surface area contributed by atoms with Gasteiger partial charge in [0.2, 0.25) is 0 Å². The van der Waals surface area contributed by atoms with Crippen molar-refractivity contribution in [3.63, 3.8) is 0 Å². The SMILES string of the molecule is COc1ccc2[nH]c(=O)c(CN(C(=S)NCC(C)C)C3CCCC3)cc2c1. The zero-order valence-corrected chi connectivity index (χ0v) is 17.2. The molecule has 1 aromatic carbocycles. The van der Waals surface area contributed by atoms with Crippen molar-refractivity contribution in [2.45, 2.75) is 52.1 Å². The highest BCUT2D eigenvalue weighted by Gasteiger charge is 2.25. The maximum atomic E-state index is 12.6. The summed E-state index contributed by atoms with van der Waals surface area (Å²) >= 11 is 5.69. The van der Waals surface area contributed by atoms with Crippen molar-refractivity contribution in [1.82, 2.24) is 15.2 Å². The highest BCUT2D eigenvalue weighted by Crippen LogP contribution is 2.25. The summed E-state index contributed by atoms with van der Waals surface area (Å²) in [5.41, 5.74) is 1.50. The molecule has 0 aliphatic heterocycles. The quantitative estimate of drug-likeness (QED) is 0.738. The first-order valence-electron chi connectivity index (χ1n) is 9.72. The molecular formula is C21H29N3O2S. The van der Waals surface area contributed by atoms with E-state index in [2.05, 4.69) is 29.0 Å². The minimum Gasteiger partial charge on any atom is -0.497 e. The van der Waals surface area contributed by atoms with Crippen molar-refractivity contribution in [3.8, 4) is 5.75 Å². The molecule has 5 nitrogen and oxygen atoms in total. The first kappa shape index (κ1) is 19.7. The van der Waals surface area contributed by atoms with Crippen molar-refractivity contribution >= 4 is 28.2 Å². The van der Waals surface area contributed by atoms with Crippen LogP contribution in [-0.2, 0) is 6.54 Å². The molecule has 3 rings (SSSR count). The molecular weight excluding hydrogens is 358 g/mol. The molecule has 1 aliphatic rings. The van der Waals surface area contributed by atoms with Gasteiger partial charge in [0.1, 0.15) is 5.75 Å². The van der Waals surface area contributed by atoms with Gasteiger partial charge in [-0.05, 0) is 55.2 Å². The molecule has 0 spiro atoms. The summed E-state index contributed by atoms with van der Waals surface area (Å²) in [5, 5.41) is 5.10. The molecule has 1 saturated carbocycles. The van der Waals surface area contributed by atoms with E-state index in [0.29, 0.717) is 18.5 Å². The van der Waals surface area contributed by atoms with Crippen molar-refractivity contribution < 1.29 is 4.74 Å². The number of rotatable bonds is 6. The number of methoxy groups -OCH3 is 1. The summed E-state index contributed by atoms with van der Waals surface area (Å²) in [6, 6.07) is 8.04. The maximum Gasteiger partial charge on any atom is 0.253 e. The van der Waals surface area contributed by atoms with Gasteiger partial charge >= 0.3 is 0 Å². The van der Waals surface area contributed by atoms with E-state index in [0.717, 1.165) is 46.7 Å². The van der Waals surface area contributed by atoms with Gasteiger partial charge in [-0.2, -0.15) is 0 Å². The number of hydrogen-bond donors (Lipinski definition) is 2. The highest BCUT2D eigenvalue weighted by atomic mass is 32.1. The van der Waals surface area contributed by atoms with Gasteiger partial charge in [0, 0.05) is 29.1 Å². The Labute approximate surface area is 166 Å². The lowest BCUT2D eigenvalue weighted by molar-refractivity contribution is 0.301. The lowest BCUT2D eigenvalue weighted by Gasteiger charge is -2.32. The molecule has 0 bridgehead atoms. The number of thiocarbonyl (C=S) groups is 1. The lowest BCUT2D eigenvalue weighted by atomic mass is 10.1. The van der Waals surface area contributed by atoms with Crippen molar-refractivity contribution in [2.75, 3.05) is 13.7 Å². The van der Waals surface area contributed by atoms with Crippen LogP contribution in [0.3, 0.4) is 0 Å². The molecule has 6 heteroatoms. The number of hydrogen-bond acceptors (Lipinski definition) is 3. The Bertz CT molecular complexity index is 856. The summed E-state index contributed by atoms with van der Waals surface area (Å²) in [5.74, 6) is 1.30. The van der Waals surface area contributed by atoms with Gasteiger partial charge in [-0.15, -0.1) is 0 Å². The van der Waals surface area contributed by atoms with Crippen molar-refractivity contribution in [1.29, 1.82) is 0 Å². The van der Waals surface area contributed by atoms with Gasteiger partial charge in [-0.3, -0.25) is 4.79 Å². The van der Waals surface area contributed by atoms with Gasteiger partial charge < -0.3 is 19.9 Å². The molecule has 2 aromatic rings. The Kier molecular flexibility index (Phi) is 6.37. The molecule has 1 aromatic heterocycles. The maximum absolute atomic E-state index is 12.6. The Balaban J connectivity index is 1.88. The summed E-state index contributed by atoms with van der Waals surface area (Å²) in [7, 11) is 1.65. The number of benzene rings is 1. The van der Waals surface area contributed by atoms with Crippen LogP contribution >= 0.6 is 12.2 Å². The summed E-state index contributed by atoms with van der Waals surface area (Å²) in [4.78, 5) is 17.9. The van der Waals surface area contributed by atoms with Crippen LogP contribution in [0.4, 0.5) is 0 Å². The van der Waals surface area contributed by atoms with Crippen molar-refractivity contribution in [2.24, 2.45) is 5.92 Å². The summed E-state index contributed by atoms with van der Waals surface area (Å²) < 4.78 is 5.31. The number of aromatic amines is 1. The van der Waals surface area contributed by atoms with Gasteiger partial charge in [-0.1, -0.05) is 26.7 Å². The predicted molar refractivity (Wildman–Crippen MR) is 114 cm³/mol. The van der Waals surface area contributed by atoms with Gasteiger partial charge in [0.05, 0.1) is 13.7 Å². The molecule has 146 valence electrons. The number of fused-ring (bicyclic) bond motifs is 1. The zero-order valence-electron chi connectivity index (χ0n) is 16.4. The predicted octanol–water partition coefficient (Wildman–Crippen LogP) is 3.81. The van der Waals surface area contributed by atoms with E-state index in [-0.39, 0.29) is 5.56 Å². The largest absolute Gasteiger partial charge is 0.497 e. The van der Waals surface area contributed by atoms with Crippen LogP contribution in [0.5, 0.6) is 5.75 Å². The van der Waals surface area contributed by atoms with Crippen LogP contribution in [0, 0.1) is 5.92 Å². The fourth-order valence-corrected chi connectivity index (χ4v) is 3.93. The second-order valence-electron chi connectivity index (χ2n) is 7.72. The molecule has 0 radical (unpaired) electrons. The Hall–Kier alpha value is -2.08. The number of ether oxygens (including phenoxy) is 1. The molecule has 1 heterocycles. The second kappa shape index (κ2) is 8.74. The number of nitrogens with zero attached hydrogens (tertiary/aromatic N) is 1. The number of aromatic nitrogens is 1. The Morgan fingerprint density at radius 2 is 2.07 bits per heavy atom. The fraction of sp³-hybridized carbons (Fsp3) is 0.524. The van der Waals surface area contributed by atoms with Gasteiger partial charge in [-0.25, -0.2) is 0 Å². The third-order valence-electron chi connectivity index (χ3n) is 5.16. The number of nitrogens with one attached hydrogen (secondary N) is 2. The third kappa shape index (κ3) is 4.80. The average Bonchev–Trinajstić information content (AvgIpc) is 3.18. The second-order valence-corrected chi connectivity index (χ2v) is 8.11. The molecule has 0 unspecified atom stereocenters. The monoisotopic (exact) mass is 387 g/mol. The minimum absolute atomic E-state index is 0.0534. The van der Waals surface area contributed by atoms with Gasteiger partial charge in [0.25, 0.3) is 5.56 Å². The van der Waals surface area contributed by atoms with E-state index >= 15 is 0 Å². The van der Waals surface area contributed by atoms with E-state index < -0.39 is 0 Å². The summed E-state index contributed by atoms with van der Waals surface area (Å²) in [6.45, 7) is 5.69. The molecule has 0 saturated heterocycles. The third-order valence-corrected chi connectivity index (χ3v) is 5.54. The van der Waals surface area contributed by atoms with Crippen molar-refractivity contribution in [3.05, 3.63) is 40.2 Å². The van der Waals surface area contributed by atoms with Crippen LogP contribution in [-0.4, -0.2) is 34.7 Å². The topological polar surface area (TPSA) is 57.4 Å². The van der Waals surface area contributed by atoms with Crippen LogP contribution in [0.25, 0.3) is 10.9 Å². The van der Waals surface area contributed by atoms with Crippen LogP contribution < -0.4 is 15.6 Å². The normalized spacial score (nSPS) is 14.7. The number of H-pyrrole nitrogens is 1. The first-order valence-corrected chi connectivity index (χ1v) is 10.1. The Morgan fingerprint density at radius 3 is 2.74 bits per heavy atom. The van der Waals surface area contributed by atoms with Crippen LogP contribution in [0.2, 0.25) is 0 Å². The zero-order chi connectivity index (χ0) is 19.4. The first-order chi connectivity index (χ1) is 13.0. The minimum atomic E-state index is -0.0534. The molecule has 1 aliphatic carbocycles. The summed E-state index contributed by atoms with van der Waals surface area (Å²) in [6.07, 6.45) is 4.70. The van der Waals surface area contributed by atoms with Gasteiger partial charge in [0.15, 0.2) is 5.11 Å². The lowest BCUT2D eigenvalue weighted by Crippen LogP contribution is -2.46. The smallest absolute Gasteiger partial charge is 0.253 e. The Morgan fingerprint density at radius 1 is 1.33 bits per heavy atom. The fourth-order valence-electron chi connectivity index (χ4n) is 3.63. The molecule has 1 fully saturated rings. The molecule has 0 amide bonds. The van der Waals surface area contributed by atoms with Crippen LogP contribution in [0.1, 0.15) is 45.1 Å². The van der Waals surface area contributed by atoms with E-state index in [1.165, 1.54) is 12.8 Å². The molecule has 27 heavy (non-hydrogen) atoms. The number of pyridine rings is 1. The molecule has 2 N–H and O–H groups in total. The highest BCUT2D eigenvalue weighted by molar-refractivity contribution is 7.80. The molecule has 0 atom stereocenters. The van der Waals surface area contributed by atoms with Crippen LogP contribution in [0.15, 0.2) is 29.1 Å². The van der Waals surface area contributed by atoms with E-state index in [9.17, 15) is 4.79 Å². The van der Waals surface area contributed by atoms with E-state index in [1.807, 2.05) is 24.3 Å². The van der Waals surface area contributed by atoms with E-state index in [4.69, 9.17) is 17.0 Å².